The molecule has 1 atom stereocenters. The van der Waals surface area contributed by atoms with E-state index in [0.717, 1.165) is 6.42 Å². The Labute approximate surface area is 119 Å². The Bertz CT molecular complexity index is 333. The van der Waals surface area contributed by atoms with Gasteiger partial charge in [-0.2, -0.15) is 0 Å². The maximum Gasteiger partial charge on any atom is 0.317 e. The second-order valence-corrected chi connectivity index (χ2v) is 4.49. The summed E-state index contributed by atoms with van der Waals surface area (Å²) >= 11 is 0. The van der Waals surface area contributed by atoms with Gasteiger partial charge in [-0.1, -0.05) is 13.3 Å². The SMILES string of the molecule is CCCC(CNC(=O)N(C)CCC(=O)OCC)C(=O)O. The minimum absolute atomic E-state index is 0.0890. The minimum atomic E-state index is -0.915. The lowest BCUT2D eigenvalue weighted by Crippen LogP contribution is -2.41. The first-order valence-electron chi connectivity index (χ1n) is 6.79. The largest absolute Gasteiger partial charge is 0.481 e. The van der Waals surface area contributed by atoms with Crippen LogP contribution in [0.5, 0.6) is 0 Å². The van der Waals surface area contributed by atoms with E-state index in [1.165, 1.54) is 4.90 Å². The van der Waals surface area contributed by atoms with E-state index in [1.807, 2.05) is 6.92 Å². The fourth-order valence-electron chi connectivity index (χ4n) is 1.60. The normalized spacial score (nSPS) is 11.6. The number of carbonyl (C=O) groups excluding carboxylic acids is 2. The van der Waals surface area contributed by atoms with Gasteiger partial charge < -0.3 is 20.1 Å². The molecular weight excluding hydrogens is 264 g/mol. The molecule has 1 unspecified atom stereocenters. The Morgan fingerprint density at radius 2 is 1.95 bits per heavy atom. The zero-order chi connectivity index (χ0) is 15.5. The van der Waals surface area contributed by atoms with Crippen molar-refractivity contribution in [2.45, 2.75) is 33.1 Å². The summed E-state index contributed by atoms with van der Waals surface area (Å²) in [5.74, 6) is -1.86. The van der Waals surface area contributed by atoms with Gasteiger partial charge >= 0.3 is 18.0 Å². The van der Waals surface area contributed by atoms with Gasteiger partial charge in [0.15, 0.2) is 0 Å². The van der Waals surface area contributed by atoms with Crippen molar-refractivity contribution in [3.63, 3.8) is 0 Å². The van der Waals surface area contributed by atoms with Gasteiger partial charge in [0.2, 0.25) is 0 Å². The molecule has 7 nitrogen and oxygen atoms in total. The summed E-state index contributed by atoms with van der Waals surface area (Å²) in [5.41, 5.74) is 0. The van der Waals surface area contributed by atoms with E-state index in [2.05, 4.69) is 5.32 Å². The van der Waals surface area contributed by atoms with Gasteiger partial charge in [-0.15, -0.1) is 0 Å². The van der Waals surface area contributed by atoms with Crippen LogP contribution in [0, 0.1) is 5.92 Å². The van der Waals surface area contributed by atoms with Gasteiger partial charge in [-0.25, -0.2) is 4.79 Å². The van der Waals surface area contributed by atoms with E-state index in [9.17, 15) is 14.4 Å². The first kappa shape index (κ1) is 18.2. The number of amides is 2. The topological polar surface area (TPSA) is 95.9 Å². The molecule has 0 aliphatic rings. The maximum absolute atomic E-state index is 11.7. The van der Waals surface area contributed by atoms with Crippen molar-refractivity contribution in [2.24, 2.45) is 5.92 Å². The van der Waals surface area contributed by atoms with Gasteiger partial charge in [0.1, 0.15) is 0 Å². The average Bonchev–Trinajstić information content (AvgIpc) is 2.40. The molecule has 0 fully saturated rings. The van der Waals surface area contributed by atoms with E-state index in [4.69, 9.17) is 9.84 Å². The van der Waals surface area contributed by atoms with Crippen LogP contribution >= 0.6 is 0 Å². The van der Waals surface area contributed by atoms with Crippen LogP contribution in [0.2, 0.25) is 0 Å². The Morgan fingerprint density at radius 1 is 1.30 bits per heavy atom. The second-order valence-electron chi connectivity index (χ2n) is 4.49. The van der Waals surface area contributed by atoms with Crippen molar-refractivity contribution in [1.82, 2.24) is 10.2 Å². The summed E-state index contributed by atoms with van der Waals surface area (Å²) in [6.07, 6.45) is 1.38. The van der Waals surface area contributed by atoms with Crippen molar-refractivity contribution in [1.29, 1.82) is 0 Å². The molecule has 0 aliphatic carbocycles. The third-order valence-corrected chi connectivity index (χ3v) is 2.79. The summed E-state index contributed by atoms with van der Waals surface area (Å²) in [5, 5.41) is 11.5. The van der Waals surface area contributed by atoms with Crippen molar-refractivity contribution in [3.05, 3.63) is 0 Å². The maximum atomic E-state index is 11.7. The van der Waals surface area contributed by atoms with Gasteiger partial charge in [0.25, 0.3) is 0 Å². The predicted molar refractivity (Wildman–Crippen MR) is 73.3 cm³/mol. The number of carboxylic acids is 1. The highest BCUT2D eigenvalue weighted by atomic mass is 16.5. The highest BCUT2D eigenvalue weighted by Gasteiger charge is 2.18. The Morgan fingerprint density at radius 3 is 2.45 bits per heavy atom. The monoisotopic (exact) mass is 288 g/mol. The summed E-state index contributed by atoms with van der Waals surface area (Å²) in [7, 11) is 1.55. The molecule has 7 heteroatoms. The fourth-order valence-corrected chi connectivity index (χ4v) is 1.60. The Kier molecular flexibility index (Phi) is 9.15. The van der Waals surface area contributed by atoms with E-state index < -0.39 is 17.9 Å². The van der Waals surface area contributed by atoms with Crippen LogP contribution in [0.1, 0.15) is 33.1 Å². The van der Waals surface area contributed by atoms with Crippen LogP contribution < -0.4 is 5.32 Å². The molecule has 0 aromatic rings. The Hall–Kier alpha value is -1.79. The highest BCUT2D eigenvalue weighted by Crippen LogP contribution is 2.05. The molecule has 0 saturated heterocycles. The number of aliphatic carboxylic acids is 1. The van der Waals surface area contributed by atoms with Crippen molar-refractivity contribution >= 4 is 18.0 Å². The van der Waals surface area contributed by atoms with Gasteiger partial charge in [-0.05, 0) is 13.3 Å². The molecule has 0 bridgehead atoms. The van der Waals surface area contributed by atoms with Crippen molar-refractivity contribution < 1.29 is 24.2 Å². The standard InChI is InChI=1S/C13H24N2O5/c1-4-6-10(12(17)18)9-14-13(19)15(3)8-7-11(16)20-5-2/h10H,4-9H2,1-3H3,(H,14,19)(H,17,18). The molecular formula is C13H24N2O5. The molecule has 0 spiro atoms. The van der Waals surface area contributed by atoms with Crippen LogP contribution in [0.25, 0.3) is 0 Å². The second kappa shape index (κ2) is 10.1. The highest BCUT2D eigenvalue weighted by molar-refractivity contribution is 5.76. The zero-order valence-corrected chi connectivity index (χ0v) is 12.3. The molecule has 0 aliphatic heterocycles. The number of urea groups is 1. The van der Waals surface area contributed by atoms with E-state index in [1.54, 1.807) is 14.0 Å². The predicted octanol–water partition coefficient (Wildman–Crippen LogP) is 1.08. The van der Waals surface area contributed by atoms with Crippen molar-refractivity contribution in [3.8, 4) is 0 Å². The summed E-state index contributed by atoms with van der Waals surface area (Å²) in [6.45, 7) is 4.24. The summed E-state index contributed by atoms with van der Waals surface area (Å²) in [4.78, 5) is 35.1. The number of carboxylic acid groups (broad SMARTS) is 1. The summed E-state index contributed by atoms with van der Waals surface area (Å²) < 4.78 is 4.76. The first-order chi connectivity index (χ1) is 9.42. The first-order valence-corrected chi connectivity index (χ1v) is 6.79. The number of hydrogen-bond donors (Lipinski definition) is 2. The number of hydrogen-bond acceptors (Lipinski definition) is 4. The number of nitrogens with zero attached hydrogens (tertiary/aromatic N) is 1. The lowest BCUT2D eigenvalue weighted by atomic mass is 10.0. The van der Waals surface area contributed by atoms with Crippen LogP contribution in [-0.4, -0.2) is 54.7 Å². The van der Waals surface area contributed by atoms with Gasteiger partial charge in [0.05, 0.1) is 18.9 Å². The van der Waals surface area contributed by atoms with Crippen LogP contribution in [0.4, 0.5) is 4.79 Å². The van der Waals surface area contributed by atoms with Gasteiger partial charge in [0, 0.05) is 20.1 Å². The number of ether oxygens (including phenoxy) is 1. The minimum Gasteiger partial charge on any atom is -0.481 e. The van der Waals surface area contributed by atoms with Crippen LogP contribution in [0.15, 0.2) is 0 Å². The molecule has 0 aromatic heterocycles. The number of rotatable bonds is 9. The molecule has 0 heterocycles. The number of carbonyl (C=O) groups is 3. The molecule has 0 aromatic carbocycles. The van der Waals surface area contributed by atoms with Crippen LogP contribution in [-0.2, 0) is 14.3 Å². The number of esters is 1. The van der Waals surface area contributed by atoms with E-state index in [0.29, 0.717) is 13.0 Å². The third-order valence-electron chi connectivity index (χ3n) is 2.79. The molecule has 0 radical (unpaired) electrons. The molecule has 0 saturated carbocycles. The average molecular weight is 288 g/mol. The third kappa shape index (κ3) is 7.60. The Balaban J connectivity index is 4.06. The number of nitrogens with one attached hydrogen (secondary N) is 1. The quantitative estimate of drug-likeness (QED) is 0.619. The van der Waals surface area contributed by atoms with Crippen molar-refractivity contribution in [2.75, 3.05) is 26.7 Å². The molecule has 116 valence electrons. The van der Waals surface area contributed by atoms with Gasteiger partial charge in [-0.3, -0.25) is 9.59 Å². The van der Waals surface area contributed by atoms with Crippen LogP contribution in [0.3, 0.4) is 0 Å². The van der Waals surface area contributed by atoms with E-state index >= 15 is 0 Å². The zero-order valence-electron chi connectivity index (χ0n) is 12.3. The lowest BCUT2D eigenvalue weighted by Gasteiger charge is -2.19. The van der Waals surface area contributed by atoms with E-state index in [-0.39, 0.29) is 25.5 Å². The molecule has 20 heavy (non-hydrogen) atoms. The smallest absolute Gasteiger partial charge is 0.317 e. The lowest BCUT2D eigenvalue weighted by molar-refractivity contribution is -0.143. The molecule has 0 rings (SSSR count). The molecule has 2 amide bonds. The summed E-state index contributed by atoms with van der Waals surface area (Å²) in [6, 6.07) is -0.392. The molecule has 2 N–H and O–H groups in total. The fraction of sp³-hybridized carbons (Fsp3) is 0.769.